The summed E-state index contributed by atoms with van der Waals surface area (Å²) in [6.07, 6.45) is 0. The molecule has 7 heteroatoms. The van der Waals surface area contributed by atoms with Crippen molar-refractivity contribution in [1.82, 2.24) is 10.2 Å². The van der Waals surface area contributed by atoms with Crippen molar-refractivity contribution in [2.75, 3.05) is 31.0 Å². The summed E-state index contributed by atoms with van der Waals surface area (Å²) < 4.78 is 5.36. The quantitative estimate of drug-likeness (QED) is 0.474. The molecule has 0 aliphatic carbocycles. The van der Waals surface area contributed by atoms with Crippen molar-refractivity contribution >= 4 is 17.3 Å². The minimum Gasteiger partial charge on any atom is -0.504 e. The van der Waals surface area contributed by atoms with Crippen molar-refractivity contribution in [2.24, 2.45) is 0 Å². The summed E-state index contributed by atoms with van der Waals surface area (Å²) in [5.41, 5.74) is 5.53. The van der Waals surface area contributed by atoms with E-state index < -0.39 is 6.04 Å². The summed E-state index contributed by atoms with van der Waals surface area (Å²) >= 11 is 0. The first-order valence-electron chi connectivity index (χ1n) is 10.6. The second-order valence-corrected chi connectivity index (χ2v) is 8.15. The molecule has 0 bridgehead atoms. The van der Waals surface area contributed by atoms with E-state index in [1.165, 1.54) is 7.11 Å². The number of nitrogens with zero attached hydrogens (tertiary/aromatic N) is 3. The lowest BCUT2D eigenvalue weighted by Gasteiger charge is -2.27. The zero-order valence-corrected chi connectivity index (χ0v) is 18.6. The van der Waals surface area contributed by atoms with Gasteiger partial charge in [-0.1, -0.05) is 36.4 Å². The molecule has 5 rings (SSSR count). The third-order valence-electron chi connectivity index (χ3n) is 5.98. The fourth-order valence-electron chi connectivity index (χ4n) is 4.32. The molecule has 1 aliphatic rings. The van der Waals surface area contributed by atoms with Crippen LogP contribution in [0.15, 0.2) is 72.8 Å². The topological polar surface area (TPSA) is 81.7 Å². The molecule has 0 saturated heterocycles. The van der Waals surface area contributed by atoms with Gasteiger partial charge in [0.05, 0.1) is 18.8 Å². The van der Waals surface area contributed by atoms with Crippen LogP contribution in [0.4, 0.5) is 11.4 Å². The van der Waals surface area contributed by atoms with Gasteiger partial charge in [0.1, 0.15) is 5.69 Å². The minimum atomic E-state index is -0.443. The van der Waals surface area contributed by atoms with E-state index in [4.69, 9.17) is 4.74 Å². The van der Waals surface area contributed by atoms with Crippen LogP contribution in [-0.2, 0) is 0 Å². The van der Waals surface area contributed by atoms with Crippen LogP contribution in [-0.4, -0.2) is 42.4 Å². The number of nitrogens with one attached hydrogen (secondary N) is 1. The van der Waals surface area contributed by atoms with E-state index in [0.29, 0.717) is 11.4 Å². The molecule has 1 atom stereocenters. The Morgan fingerprint density at radius 2 is 1.76 bits per heavy atom. The van der Waals surface area contributed by atoms with Gasteiger partial charge in [0.2, 0.25) is 0 Å². The highest BCUT2D eigenvalue weighted by molar-refractivity contribution is 6.11. The molecule has 0 unspecified atom stereocenters. The summed E-state index contributed by atoms with van der Waals surface area (Å²) in [6, 6.07) is 22.4. The Labute approximate surface area is 191 Å². The average molecular weight is 441 g/mol. The largest absolute Gasteiger partial charge is 0.504 e. The summed E-state index contributed by atoms with van der Waals surface area (Å²) in [7, 11) is 5.46. The zero-order valence-electron chi connectivity index (χ0n) is 18.6. The number of anilines is 2. The van der Waals surface area contributed by atoms with Gasteiger partial charge in [-0.2, -0.15) is 5.10 Å². The zero-order chi connectivity index (χ0) is 23.1. The summed E-state index contributed by atoms with van der Waals surface area (Å²) in [6.45, 7) is 0. The van der Waals surface area contributed by atoms with Gasteiger partial charge in [-0.25, -0.2) is 0 Å². The molecule has 3 aromatic carbocycles. The number of H-pyrrole nitrogens is 1. The maximum atomic E-state index is 13.6. The Balaban J connectivity index is 1.70. The first-order valence-corrected chi connectivity index (χ1v) is 10.6. The molecule has 166 valence electrons. The number of aromatic hydroxyl groups is 1. The highest BCUT2D eigenvalue weighted by Crippen LogP contribution is 2.46. The molecule has 1 aliphatic heterocycles. The maximum Gasteiger partial charge on any atom is 0.277 e. The Bertz CT molecular complexity index is 1310. The molecule has 2 heterocycles. The van der Waals surface area contributed by atoms with Gasteiger partial charge in [-0.3, -0.25) is 14.8 Å². The van der Waals surface area contributed by atoms with Crippen molar-refractivity contribution in [3.05, 3.63) is 89.6 Å². The maximum absolute atomic E-state index is 13.6. The van der Waals surface area contributed by atoms with Gasteiger partial charge in [0.15, 0.2) is 11.5 Å². The second kappa shape index (κ2) is 8.02. The fraction of sp³-hybridized carbons (Fsp3) is 0.154. The van der Waals surface area contributed by atoms with Crippen LogP contribution in [0.1, 0.15) is 27.7 Å². The SMILES string of the molecule is COc1cc([C@H]2c3c(-c4ccccc4)n[nH]c3C(=O)N2c2ccc(N(C)C)cc2)ccc1O. The van der Waals surface area contributed by atoms with Crippen molar-refractivity contribution in [1.29, 1.82) is 0 Å². The first-order chi connectivity index (χ1) is 16.0. The lowest BCUT2D eigenvalue weighted by atomic mass is 9.95. The van der Waals surface area contributed by atoms with E-state index in [2.05, 4.69) is 10.2 Å². The lowest BCUT2D eigenvalue weighted by molar-refractivity contribution is 0.0988. The second-order valence-electron chi connectivity index (χ2n) is 8.15. The Morgan fingerprint density at radius 3 is 2.42 bits per heavy atom. The number of fused-ring (bicyclic) bond motifs is 1. The van der Waals surface area contributed by atoms with Crippen LogP contribution in [0.5, 0.6) is 11.5 Å². The Morgan fingerprint density at radius 1 is 1.03 bits per heavy atom. The van der Waals surface area contributed by atoms with Gasteiger partial charge in [0, 0.05) is 36.6 Å². The highest BCUT2D eigenvalue weighted by atomic mass is 16.5. The number of hydrogen-bond donors (Lipinski definition) is 2. The standard InChI is InChI=1S/C26H24N4O3/c1-29(2)18-10-12-19(13-11-18)30-25(17-9-14-20(31)21(15-17)33-3)22-23(16-7-5-4-6-8-16)27-28-24(22)26(30)32/h4-15,25,31H,1-3H3,(H,27,28)/t25-/m0/s1. The average Bonchev–Trinajstić information content (AvgIpc) is 3.39. The molecule has 33 heavy (non-hydrogen) atoms. The summed E-state index contributed by atoms with van der Waals surface area (Å²) in [5, 5.41) is 17.6. The molecule has 7 nitrogen and oxygen atoms in total. The van der Waals surface area contributed by atoms with Gasteiger partial charge < -0.3 is 14.7 Å². The van der Waals surface area contributed by atoms with Crippen LogP contribution in [0, 0.1) is 0 Å². The molecular formula is C26H24N4O3. The summed E-state index contributed by atoms with van der Waals surface area (Å²) in [4.78, 5) is 17.4. The number of phenolic OH excluding ortho intramolecular Hbond substituents is 1. The van der Waals surface area contributed by atoms with Crippen molar-refractivity contribution in [2.45, 2.75) is 6.04 Å². The number of methoxy groups -OCH3 is 1. The van der Waals surface area contributed by atoms with E-state index in [0.717, 1.165) is 33.8 Å². The number of ether oxygens (including phenoxy) is 1. The number of carbonyl (C=O) groups is 1. The smallest absolute Gasteiger partial charge is 0.277 e. The van der Waals surface area contributed by atoms with Crippen LogP contribution in [0.3, 0.4) is 0 Å². The number of carbonyl (C=O) groups excluding carboxylic acids is 1. The molecule has 1 aromatic heterocycles. The molecule has 0 saturated carbocycles. The number of aromatic amines is 1. The van der Waals surface area contributed by atoms with Crippen LogP contribution >= 0.6 is 0 Å². The van der Waals surface area contributed by atoms with Crippen LogP contribution < -0.4 is 14.5 Å². The Kier molecular flexibility index (Phi) is 5.01. The van der Waals surface area contributed by atoms with Crippen molar-refractivity contribution in [3.8, 4) is 22.8 Å². The van der Waals surface area contributed by atoms with E-state index in [-0.39, 0.29) is 11.7 Å². The highest BCUT2D eigenvalue weighted by Gasteiger charge is 2.43. The van der Waals surface area contributed by atoms with E-state index in [9.17, 15) is 9.90 Å². The predicted molar refractivity (Wildman–Crippen MR) is 128 cm³/mol. The van der Waals surface area contributed by atoms with E-state index in [1.54, 1.807) is 17.0 Å². The molecule has 1 amide bonds. The third kappa shape index (κ3) is 3.38. The lowest BCUT2D eigenvalue weighted by Crippen LogP contribution is -2.29. The minimum absolute atomic E-state index is 0.0446. The molecule has 2 N–H and O–H groups in total. The molecule has 0 radical (unpaired) electrons. The van der Waals surface area contributed by atoms with Gasteiger partial charge in [-0.05, 0) is 42.0 Å². The monoisotopic (exact) mass is 440 g/mol. The number of amides is 1. The third-order valence-corrected chi connectivity index (χ3v) is 5.98. The molecule has 0 spiro atoms. The number of rotatable bonds is 5. The molecular weight excluding hydrogens is 416 g/mol. The van der Waals surface area contributed by atoms with Crippen molar-refractivity contribution < 1.29 is 14.6 Å². The van der Waals surface area contributed by atoms with Gasteiger partial charge in [0.25, 0.3) is 5.91 Å². The number of phenols is 1. The van der Waals surface area contributed by atoms with Crippen LogP contribution in [0.25, 0.3) is 11.3 Å². The first kappa shape index (κ1) is 20.6. The number of aromatic nitrogens is 2. The van der Waals surface area contributed by atoms with Crippen LogP contribution in [0.2, 0.25) is 0 Å². The Hall–Kier alpha value is -4.26. The predicted octanol–water partition coefficient (Wildman–Crippen LogP) is 4.61. The summed E-state index contributed by atoms with van der Waals surface area (Å²) in [5.74, 6) is 0.235. The van der Waals surface area contributed by atoms with Gasteiger partial charge >= 0.3 is 0 Å². The molecule has 4 aromatic rings. The van der Waals surface area contributed by atoms with E-state index in [1.807, 2.05) is 79.7 Å². The molecule has 0 fully saturated rings. The number of benzene rings is 3. The normalized spacial score (nSPS) is 14.9. The van der Waals surface area contributed by atoms with E-state index >= 15 is 0 Å². The van der Waals surface area contributed by atoms with Crippen molar-refractivity contribution in [3.63, 3.8) is 0 Å². The fourth-order valence-corrected chi connectivity index (χ4v) is 4.32. The van der Waals surface area contributed by atoms with Gasteiger partial charge in [-0.15, -0.1) is 0 Å². The number of hydrogen-bond acceptors (Lipinski definition) is 5.